The zero-order valence-electron chi connectivity index (χ0n) is 9.05. The second kappa shape index (κ2) is 7.21. The molecule has 0 aliphatic rings. The highest BCUT2D eigenvalue weighted by molar-refractivity contribution is 7.93. The first-order chi connectivity index (χ1) is 7.00. The average molecular weight is 236 g/mol. The van der Waals surface area contributed by atoms with Crippen molar-refractivity contribution < 1.29 is 23.0 Å². The molecule has 88 valence electrons. The molecule has 0 saturated carbocycles. The van der Waals surface area contributed by atoms with Crippen LogP contribution in [0.5, 0.6) is 0 Å². The van der Waals surface area contributed by atoms with Gasteiger partial charge in [0.2, 0.25) is 0 Å². The van der Waals surface area contributed by atoms with Gasteiger partial charge in [-0.1, -0.05) is 0 Å². The predicted molar refractivity (Wildman–Crippen MR) is 57.7 cm³/mol. The van der Waals surface area contributed by atoms with Gasteiger partial charge in [-0.2, -0.15) is 0 Å². The molecule has 0 spiro atoms. The number of ether oxygens (including phenoxy) is 2. The minimum atomic E-state index is -3.61. The molecule has 0 rings (SSSR count). The molecule has 0 aliphatic carbocycles. The molecule has 7 heteroatoms. The van der Waals surface area contributed by atoms with Gasteiger partial charge in [0.15, 0.2) is 9.84 Å². The number of hydrogen-bond acceptors (Lipinski definition) is 5. The summed E-state index contributed by atoms with van der Waals surface area (Å²) >= 11 is 0. The molecule has 0 aromatic carbocycles. The van der Waals surface area contributed by atoms with Gasteiger partial charge in [0, 0.05) is 18.9 Å². The Labute approximate surface area is 92.1 Å². The van der Waals surface area contributed by atoms with E-state index in [9.17, 15) is 8.42 Å². The first-order valence-corrected chi connectivity index (χ1v) is 6.27. The zero-order valence-corrected chi connectivity index (χ0v) is 9.87. The minimum Gasteiger partial charge on any atom is -0.396 e. The van der Waals surface area contributed by atoms with Crippen molar-refractivity contribution in [1.29, 1.82) is 0 Å². The van der Waals surface area contributed by atoms with E-state index in [-0.39, 0.29) is 13.2 Å². The molecule has 0 fully saturated rings. The second-order valence-electron chi connectivity index (χ2n) is 3.05. The molecule has 0 heterocycles. The van der Waals surface area contributed by atoms with Crippen LogP contribution in [-0.2, 0) is 19.3 Å². The molecule has 2 radical (unpaired) electrons. The van der Waals surface area contributed by atoms with Crippen LogP contribution in [0.1, 0.15) is 6.92 Å². The van der Waals surface area contributed by atoms with Crippen molar-refractivity contribution in [2.24, 2.45) is 0 Å². The van der Waals surface area contributed by atoms with E-state index in [1.165, 1.54) is 7.11 Å². The van der Waals surface area contributed by atoms with Gasteiger partial charge >= 0.3 is 0 Å². The van der Waals surface area contributed by atoms with Crippen LogP contribution in [0.4, 0.5) is 0 Å². The lowest BCUT2D eigenvalue weighted by Crippen LogP contribution is -2.40. The molecule has 0 amide bonds. The van der Waals surface area contributed by atoms with E-state index in [1.54, 1.807) is 6.92 Å². The van der Waals surface area contributed by atoms with Crippen LogP contribution in [-0.4, -0.2) is 65.3 Å². The molecule has 15 heavy (non-hydrogen) atoms. The third kappa shape index (κ3) is 4.50. The third-order valence-corrected chi connectivity index (χ3v) is 4.12. The van der Waals surface area contributed by atoms with Crippen molar-refractivity contribution in [2.75, 3.05) is 33.5 Å². The predicted octanol–water partition coefficient (Wildman–Crippen LogP) is -1.06. The molecule has 0 aliphatic heterocycles. The van der Waals surface area contributed by atoms with Crippen LogP contribution in [0.25, 0.3) is 0 Å². The summed E-state index contributed by atoms with van der Waals surface area (Å²) in [6, 6.07) is 0. The summed E-state index contributed by atoms with van der Waals surface area (Å²) in [6.07, 6.45) is 0. The van der Waals surface area contributed by atoms with Crippen molar-refractivity contribution >= 4 is 17.7 Å². The molecule has 0 bridgehead atoms. The Hall–Kier alpha value is -0.105. The monoisotopic (exact) mass is 236 g/mol. The highest BCUT2D eigenvalue weighted by atomic mass is 32.2. The summed E-state index contributed by atoms with van der Waals surface area (Å²) in [7, 11) is 3.10. The summed E-state index contributed by atoms with van der Waals surface area (Å²) < 4.78 is 33.2. The third-order valence-electron chi connectivity index (χ3n) is 1.93. The number of hydrogen-bond donors (Lipinski definition) is 1. The van der Waals surface area contributed by atoms with Crippen LogP contribution in [0.3, 0.4) is 0 Å². The quantitative estimate of drug-likeness (QED) is 0.544. The number of methoxy groups -OCH3 is 1. The van der Waals surface area contributed by atoms with E-state index >= 15 is 0 Å². The summed E-state index contributed by atoms with van der Waals surface area (Å²) in [4.78, 5) is 0. The molecular formula is C8H17BO5S. The van der Waals surface area contributed by atoms with Crippen molar-refractivity contribution in [2.45, 2.75) is 17.3 Å². The van der Waals surface area contributed by atoms with Crippen molar-refractivity contribution in [3.05, 3.63) is 0 Å². The van der Waals surface area contributed by atoms with E-state index in [0.29, 0.717) is 6.61 Å². The first-order valence-electron chi connectivity index (χ1n) is 4.66. The van der Waals surface area contributed by atoms with Crippen LogP contribution >= 0.6 is 0 Å². The molecule has 5 nitrogen and oxygen atoms in total. The van der Waals surface area contributed by atoms with Gasteiger partial charge < -0.3 is 14.6 Å². The topological polar surface area (TPSA) is 72.8 Å². The van der Waals surface area contributed by atoms with Crippen LogP contribution in [0.2, 0.25) is 0 Å². The zero-order chi connectivity index (χ0) is 11.9. The summed E-state index contributed by atoms with van der Waals surface area (Å²) in [6.45, 7) is 1.62. The number of aliphatic hydroxyl groups is 1. The largest absolute Gasteiger partial charge is 0.396 e. The molecule has 0 unspecified atom stereocenters. The van der Waals surface area contributed by atoms with Gasteiger partial charge in [-0.3, -0.25) is 0 Å². The summed E-state index contributed by atoms with van der Waals surface area (Å²) in [5, 5.41) is 6.62. The SMILES string of the molecule is [B][C@@H](CO)S(=O)(=O)[C@H](COC)COCC. The van der Waals surface area contributed by atoms with Crippen molar-refractivity contribution in [3.8, 4) is 0 Å². The van der Waals surface area contributed by atoms with Crippen LogP contribution < -0.4 is 0 Å². The van der Waals surface area contributed by atoms with Gasteiger partial charge in [-0.15, -0.1) is 0 Å². The smallest absolute Gasteiger partial charge is 0.154 e. The Morgan fingerprint density at radius 1 is 1.40 bits per heavy atom. The van der Waals surface area contributed by atoms with E-state index in [2.05, 4.69) is 0 Å². The van der Waals surface area contributed by atoms with Crippen molar-refractivity contribution in [1.82, 2.24) is 0 Å². The number of rotatable bonds is 8. The normalized spacial score (nSPS) is 16.2. The highest BCUT2D eigenvalue weighted by Gasteiger charge is 2.30. The lowest BCUT2D eigenvalue weighted by molar-refractivity contribution is 0.113. The van der Waals surface area contributed by atoms with E-state index < -0.39 is 26.8 Å². The Morgan fingerprint density at radius 2 is 2.00 bits per heavy atom. The van der Waals surface area contributed by atoms with Gasteiger partial charge in [-0.25, -0.2) is 8.42 Å². The van der Waals surface area contributed by atoms with E-state index in [1.807, 2.05) is 0 Å². The fraction of sp³-hybridized carbons (Fsp3) is 1.00. The molecule has 2 atom stereocenters. The molecule has 0 saturated heterocycles. The molecular weight excluding hydrogens is 219 g/mol. The molecule has 1 N–H and O–H groups in total. The van der Waals surface area contributed by atoms with Crippen LogP contribution in [0, 0.1) is 0 Å². The lowest BCUT2D eigenvalue weighted by Gasteiger charge is -2.20. The fourth-order valence-corrected chi connectivity index (χ4v) is 2.34. The van der Waals surface area contributed by atoms with Crippen molar-refractivity contribution in [3.63, 3.8) is 0 Å². The second-order valence-corrected chi connectivity index (χ2v) is 5.50. The maximum absolute atomic E-state index is 11.7. The first kappa shape index (κ1) is 14.9. The minimum absolute atomic E-state index is 0.00995. The maximum atomic E-state index is 11.7. The Balaban J connectivity index is 4.58. The Morgan fingerprint density at radius 3 is 2.40 bits per heavy atom. The average Bonchev–Trinajstić information content (AvgIpc) is 2.22. The summed E-state index contributed by atoms with van der Waals surface area (Å²) in [5.41, 5.74) is 0. The van der Waals surface area contributed by atoms with Gasteiger partial charge in [0.1, 0.15) is 5.25 Å². The van der Waals surface area contributed by atoms with Gasteiger partial charge in [0.05, 0.1) is 27.7 Å². The number of sulfone groups is 1. The highest BCUT2D eigenvalue weighted by Crippen LogP contribution is 2.09. The van der Waals surface area contributed by atoms with E-state index in [0.717, 1.165) is 0 Å². The number of aliphatic hydroxyl groups excluding tert-OH is 1. The Bertz CT molecular complexity index is 254. The van der Waals surface area contributed by atoms with Gasteiger partial charge in [0.25, 0.3) is 0 Å². The van der Waals surface area contributed by atoms with E-state index in [4.69, 9.17) is 22.4 Å². The van der Waals surface area contributed by atoms with Gasteiger partial charge in [-0.05, 0) is 6.92 Å². The molecule has 0 aromatic rings. The van der Waals surface area contributed by atoms with Crippen LogP contribution in [0.15, 0.2) is 0 Å². The Kier molecular flexibility index (Phi) is 7.16. The summed E-state index contributed by atoms with van der Waals surface area (Å²) in [5.74, 6) is 0. The maximum Gasteiger partial charge on any atom is 0.154 e. The fourth-order valence-electron chi connectivity index (χ4n) is 1.02. The molecule has 0 aromatic heterocycles. The lowest BCUT2D eigenvalue weighted by atomic mass is 10.1. The standard InChI is InChI=1S/C8H17BO5S/c1-3-14-6-7(5-13-2)15(11,12)8(9)4-10/h7-8,10H,3-6H2,1-2H3/t7-,8-/m1/s1.